The quantitative estimate of drug-likeness (QED) is 0.634. The van der Waals surface area contributed by atoms with E-state index < -0.39 is 24.2 Å². The molecule has 0 amide bonds. The second-order valence-electron chi connectivity index (χ2n) is 8.32. The molecule has 0 aromatic carbocycles. The summed E-state index contributed by atoms with van der Waals surface area (Å²) in [6, 6.07) is 0. The fourth-order valence-electron chi connectivity index (χ4n) is 2.18. The topological polar surface area (TPSA) is 0 Å². The highest BCUT2D eigenvalue weighted by atomic mass is 28.3. The van der Waals surface area contributed by atoms with Gasteiger partial charge in [-0.2, -0.15) is 0 Å². The van der Waals surface area contributed by atoms with Gasteiger partial charge in [0.25, 0.3) is 0 Å². The van der Waals surface area contributed by atoms with E-state index >= 15 is 0 Å². The summed E-state index contributed by atoms with van der Waals surface area (Å²) in [5.41, 5.74) is 1.74. The second kappa shape index (κ2) is 4.35. The maximum Gasteiger partial charge on any atom is 0.0771 e. The predicted molar refractivity (Wildman–Crippen MR) is 89.4 cm³/mol. The molecule has 0 aliphatic heterocycles. The van der Waals surface area contributed by atoms with Crippen LogP contribution >= 0.6 is 0 Å². The maximum absolute atomic E-state index is 2.58. The lowest BCUT2D eigenvalue weighted by Gasteiger charge is -2.32. The Morgan fingerprint density at radius 3 is 1.29 bits per heavy atom. The van der Waals surface area contributed by atoms with Crippen LogP contribution in [0.15, 0.2) is 22.5 Å². The van der Waals surface area contributed by atoms with Crippen molar-refractivity contribution in [3.05, 3.63) is 28.1 Å². The predicted octanol–water partition coefficient (Wildman–Crippen LogP) is 5.06. The molecular weight excluding hydrogens is 252 g/mol. The highest BCUT2D eigenvalue weighted by Crippen LogP contribution is 2.41. The van der Waals surface area contributed by atoms with Crippen molar-refractivity contribution in [1.82, 2.24) is 0 Å². The monoisotopic (exact) mass is 281 g/mol. The standard InChI is InChI=1S/C14H29Si3/c1-15(2,3)12-10-13(16(4,5)6)14(11-12)17(7,8)9/h10-11H,1-9H3. The molecule has 1 rings (SSSR count). The fraction of sp³-hybridized carbons (Fsp3) is 0.643. The Hall–Kier alpha value is 0.131. The van der Waals surface area contributed by atoms with Crippen molar-refractivity contribution in [2.45, 2.75) is 58.9 Å². The highest BCUT2D eigenvalue weighted by molar-refractivity contribution is 6.93. The van der Waals surface area contributed by atoms with E-state index in [0.717, 1.165) is 0 Å². The minimum atomic E-state index is -1.19. The van der Waals surface area contributed by atoms with Crippen LogP contribution < -0.4 is 0 Å². The average Bonchev–Trinajstić information content (AvgIpc) is 2.42. The van der Waals surface area contributed by atoms with Gasteiger partial charge in [0, 0.05) is 5.54 Å². The van der Waals surface area contributed by atoms with Gasteiger partial charge in [-0.25, -0.2) is 0 Å². The summed E-state index contributed by atoms with van der Waals surface area (Å²) in [4.78, 5) is 0. The number of rotatable bonds is 3. The van der Waals surface area contributed by atoms with Gasteiger partial charge in [-0.15, -0.1) is 0 Å². The summed E-state index contributed by atoms with van der Waals surface area (Å²) in [5, 5.41) is 3.42. The zero-order valence-corrected chi connectivity index (χ0v) is 16.2. The van der Waals surface area contributed by atoms with E-state index in [2.05, 4.69) is 71.1 Å². The van der Waals surface area contributed by atoms with E-state index in [-0.39, 0.29) is 0 Å². The second-order valence-corrected chi connectivity index (χ2v) is 23.5. The SMILES string of the molecule is C[Si](C)(C)[C]1C=C([Si](C)(C)C)C=C1[Si](C)(C)C. The molecule has 1 aliphatic carbocycles. The van der Waals surface area contributed by atoms with Crippen LogP contribution in [0.25, 0.3) is 0 Å². The lowest BCUT2D eigenvalue weighted by atomic mass is 10.4. The van der Waals surface area contributed by atoms with Gasteiger partial charge in [-0.1, -0.05) is 81.5 Å². The van der Waals surface area contributed by atoms with E-state index in [9.17, 15) is 0 Å². The van der Waals surface area contributed by atoms with E-state index in [4.69, 9.17) is 0 Å². The molecule has 0 spiro atoms. The van der Waals surface area contributed by atoms with Crippen molar-refractivity contribution in [3.63, 3.8) is 0 Å². The third kappa shape index (κ3) is 3.55. The van der Waals surface area contributed by atoms with Crippen molar-refractivity contribution in [2.24, 2.45) is 0 Å². The van der Waals surface area contributed by atoms with Crippen molar-refractivity contribution < 1.29 is 0 Å². The smallest absolute Gasteiger partial charge is 0.0771 e. The Morgan fingerprint density at radius 1 is 0.588 bits per heavy atom. The van der Waals surface area contributed by atoms with Crippen LogP contribution in [0, 0.1) is 5.54 Å². The Kier molecular flexibility index (Phi) is 3.89. The summed E-state index contributed by atoms with van der Waals surface area (Å²) < 4.78 is 0. The molecule has 0 fully saturated rings. The van der Waals surface area contributed by atoms with Crippen LogP contribution in [0.5, 0.6) is 0 Å². The molecule has 1 radical (unpaired) electrons. The molecule has 3 heteroatoms. The fourth-order valence-corrected chi connectivity index (χ4v) is 8.81. The summed E-state index contributed by atoms with van der Waals surface area (Å²) in [6.07, 6.45) is 5.15. The van der Waals surface area contributed by atoms with Crippen molar-refractivity contribution in [2.75, 3.05) is 0 Å². The normalized spacial score (nSPS) is 19.4. The molecule has 0 aromatic heterocycles. The van der Waals surface area contributed by atoms with Gasteiger partial charge in [0.1, 0.15) is 0 Å². The zero-order chi connectivity index (χ0) is 13.6. The molecule has 1 aliphatic rings. The van der Waals surface area contributed by atoms with Crippen LogP contribution in [-0.2, 0) is 0 Å². The van der Waals surface area contributed by atoms with Gasteiger partial charge >= 0.3 is 0 Å². The zero-order valence-electron chi connectivity index (χ0n) is 13.2. The highest BCUT2D eigenvalue weighted by Gasteiger charge is 2.39. The third-order valence-corrected chi connectivity index (χ3v) is 9.70. The molecule has 0 bridgehead atoms. The first-order valence-electron chi connectivity index (χ1n) is 6.65. The molecule has 0 N–H and O–H groups in total. The van der Waals surface area contributed by atoms with Gasteiger partial charge in [0.2, 0.25) is 0 Å². The summed E-state index contributed by atoms with van der Waals surface area (Å²) in [7, 11) is -3.53. The van der Waals surface area contributed by atoms with E-state index in [1.807, 2.05) is 0 Å². The minimum Gasteiger partial charge on any atom is -0.0773 e. The molecule has 0 saturated heterocycles. The van der Waals surface area contributed by atoms with Crippen LogP contribution in [0.1, 0.15) is 0 Å². The summed E-state index contributed by atoms with van der Waals surface area (Å²) >= 11 is 0. The molecule has 97 valence electrons. The van der Waals surface area contributed by atoms with Crippen LogP contribution in [0.2, 0.25) is 58.9 Å². The van der Waals surface area contributed by atoms with Crippen molar-refractivity contribution in [1.29, 1.82) is 0 Å². The first kappa shape index (κ1) is 15.2. The van der Waals surface area contributed by atoms with Gasteiger partial charge < -0.3 is 0 Å². The number of hydrogen-bond donors (Lipinski definition) is 0. The van der Waals surface area contributed by atoms with Crippen molar-refractivity contribution >= 4 is 24.2 Å². The number of hydrogen-bond acceptors (Lipinski definition) is 0. The Balaban J connectivity index is 3.22. The molecule has 0 saturated carbocycles. The van der Waals surface area contributed by atoms with Crippen LogP contribution in [0.3, 0.4) is 0 Å². The van der Waals surface area contributed by atoms with Crippen LogP contribution in [0.4, 0.5) is 0 Å². The molecule has 0 aromatic rings. The third-order valence-electron chi connectivity index (χ3n) is 3.37. The lowest BCUT2D eigenvalue weighted by Crippen LogP contribution is -2.38. The molecule has 0 unspecified atom stereocenters. The van der Waals surface area contributed by atoms with Crippen LogP contribution in [-0.4, -0.2) is 24.2 Å². The first-order chi connectivity index (χ1) is 7.33. The van der Waals surface area contributed by atoms with E-state index in [1.165, 1.54) is 0 Å². The molecule has 17 heavy (non-hydrogen) atoms. The van der Waals surface area contributed by atoms with Gasteiger partial charge in [0.05, 0.1) is 24.2 Å². The first-order valence-corrected chi connectivity index (χ1v) is 17.2. The minimum absolute atomic E-state index is 1.16. The van der Waals surface area contributed by atoms with E-state index in [1.54, 1.807) is 15.9 Å². The van der Waals surface area contributed by atoms with Gasteiger partial charge in [-0.05, 0) is 0 Å². The summed E-state index contributed by atoms with van der Waals surface area (Å²) in [6.45, 7) is 22.3. The molecular formula is C14H29Si3. The molecule has 0 nitrogen and oxygen atoms in total. The molecule has 0 heterocycles. The Morgan fingerprint density at radius 2 is 1.06 bits per heavy atom. The van der Waals surface area contributed by atoms with E-state index in [0.29, 0.717) is 0 Å². The Bertz CT molecular complexity index is 356. The van der Waals surface area contributed by atoms with Crippen molar-refractivity contribution in [3.8, 4) is 0 Å². The van der Waals surface area contributed by atoms with Gasteiger partial charge in [0.15, 0.2) is 0 Å². The Labute approximate surface area is 111 Å². The lowest BCUT2D eigenvalue weighted by molar-refractivity contribution is 1.45. The summed E-state index contributed by atoms with van der Waals surface area (Å²) in [5.74, 6) is 0. The average molecular weight is 282 g/mol. The number of allylic oxidation sites excluding steroid dienone is 4. The van der Waals surface area contributed by atoms with Gasteiger partial charge in [-0.3, -0.25) is 0 Å². The maximum atomic E-state index is 2.58. The molecule has 0 atom stereocenters. The largest absolute Gasteiger partial charge is 0.0773 e.